The minimum Gasteiger partial charge on any atom is -0.478 e. The molecule has 9 heteroatoms. The quantitative estimate of drug-likeness (QED) is 0.372. The standard InChI is InChI=1S/C28H31N5O4/c1-32-12-3-13-33(15-14-32)24-10-8-19(9-11-24)27(35)31-25-17-21(28(36)37)6-7-22(25)18-30-23-5-2-4-20(16-23)26(29)34/h2,4-11,16-17,30H,3,12-15,18H2,1H3,(H2,29,34)(H,31,35)(H,36,37). The molecule has 5 N–H and O–H groups in total. The number of nitrogens with one attached hydrogen (secondary N) is 2. The smallest absolute Gasteiger partial charge is 0.335 e. The normalized spacial score (nSPS) is 14.0. The molecule has 4 rings (SSSR count). The molecule has 1 fully saturated rings. The molecule has 1 saturated heterocycles. The van der Waals surface area contributed by atoms with E-state index in [1.165, 1.54) is 12.1 Å². The minimum absolute atomic E-state index is 0.0660. The van der Waals surface area contributed by atoms with Gasteiger partial charge < -0.3 is 31.3 Å². The first-order chi connectivity index (χ1) is 17.8. The summed E-state index contributed by atoms with van der Waals surface area (Å²) in [6, 6.07) is 18.8. The molecular weight excluding hydrogens is 470 g/mol. The number of likely N-dealkylation sites (N-methyl/N-ethyl adjacent to an activating group) is 1. The number of benzene rings is 3. The zero-order chi connectivity index (χ0) is 26.4. The lowest BCUT2D eigenvalue weighted by atomic mass is 10.1. The Labute approximate surface area is 215 Å². The number of carboxylic acid groups (broad SMARTS) is 1. The lowest BCUT2D eigenvalue weighted by Crippen LogP contribution is -2.28. The van der Waals surface area contributed by atoms with Crippen molar-refractivity contribution in [2.75, 3.05) is 48.8 Å². The fraction of sp³-hybridized carbons (Fsp3) is 0.250. The van der Waals surface area contributed by atoms with E-state index in [9.17, 15) is 19.5 Å². The molecule has 0 atom stereocenters. The Hall–Kier alpha value is -4.37. The lowest BCUT2D eigenvalue weighted by Gasteiger charge is -2.23. The molecule has 3 aromatic rings. The second kappa shape index (κ2) is 11.6. The van der Waals surface area contributed by atoms with E-state index >= 15 is 0 Å². The van der Waals surface area contributed by atoms with Gasteiger partial charge in [0.25, 0.3) is 5.91 Å². The van der Waals surface area contributed by atoms with E-state index in [0.717, 1.165) is 38.3 Å². The molecule has 0 aliphatic carbocycles. The second-order valence-corrected chi connectivity index (χ2v) is 9.12. The number of hydrogen-bond donors (Lipinski definition) is 4. The van der Waals surface area contributed by atoms with Crippen molar-refractivity contribution in [2.24, 2.45) is 5.73 Å². The second-order valence-electron chi connectivity index (χ2n) is 9.12. The van der Waals surface area contributed by atoms with Crippen LogP contribution in [0.1, 0.15) is 43.1 Å². The van der Waals surface area contributed by atoms with Crippen molar-refractivity contribution >= 4 is 34.8 Å². The summed E-state index contributed by atoms with van der Waals surface area (Å²) in [7, 11) is 2.12. The summed E-state index contributed by atoms with van der Waals surface area (Å²) in [4.78, 5) is 40.7. The first-order valence-corrected chi connectivity index (χ1v) is 12.1. The van der Waals surface area contributed by atoms with Crippen molar-refractivity contribution in [3.8, 4) is 0 Å². The molecule has 3 aromatic carbocycles. The molecule has 2 amide bonds. The summed E-state index contributed by atoms with van der Waals surface area (Å²) >= 11 is 0. The summed E-state index contributed by atoms with van der Waals surface area (Å²) < 4.78 is 0. The van der Waals surface area contributed by atoms with Crippen LogP contribution in [0.15, 0.2) is 66.7 Å². The number of carbonyl (C=O) groups is 3. The van der Waals surface area contributed by atoms with Gasteiger partial charge >= 0.3 is 5.97 Å². The van der Waals surface area contributed by atoms with Crippen molar-refractivity contribution in [3.05, 3.63) is 89.0 Å². The largest absolute Gasteiger partial charge is 0.478 e. The van der Waals surface area contributed by atoms with Gasteiger partial charge in [-0.25, -0.2) is 4.79 Å². The number of primary amides is 1. The first kappa shape index (κ1) is 25.7. The predicted octanol–water partition coefficient (Wildman–Crippen LogP) is 3.49. The Morgan fingerprint density at radius 3 is 2.38 bits per heavy atom. The van der Waals surface area contributed by atoms with Gasteiger partial charge in [0.15, 0.2) is 0 Å². The number of hydrogen-bond acceptors (Lipinski definition) is 6. The maximum Gasteiger partial charge on any atom is 0.335 e. The van der Waals surface area contributed by atoms with Crippen LogP contribution in [0, 0.1) is 0 Å². The molecule has 1 aliphatic heterocycles. The zero-order valence-corrected chi connectivity index (χ0v) is 20.7. The average molecular weight is 502 g/mol. The maximum absolute atomic E-state index is 13.1. The highest BCUT2D eigenvalue weighted by Crippen LogP contribution is 2.23. The van der Waals surface area contributed by atoms with E-state index in [4.69, 9.17) is 5.73 Å². The van der Waals surface area contributed by atoms with Crippen LogP contribution in [-0.2, 0) is 6.54 Å². The summed E-state index contributed by atoms with van der Waals surface area (Å²) in [5.41, 5.74) is 9.10. The van der Waals surface area contributed by atoms with Gasteiger partial charge in [0.05, 0.1) is 5.56 Å². The summed E-state index contributed by atoms with van der Waals surface area (Å²) in [6.45, 7) is 4.26. The molecule has 0 radical (unpaired) electrons. The first-order valence-electron chi connectivity index (χ1n) is 12.1. The molecule has 9 nitrogen and oxygen atoms in total. The van der Waals surface area contributed by atoms with Crippen LogP contribution in [0.5, 0.6) is 0 Å². The molecule has 0 aromatic heterocycles. The summed E-state index contributed by atoms with van der Waals surface area (Å²) in [5, 5.41) is 15.5. The summed E-state index contributed by atoms with van der Waals surface area (Å²) in [5.74, 6) is -1.95. The van der Waals surface area contributed by atoms with Gasteiger partial charge in [-0.05, 0) is 80.2 Å². The molecule has 0 unspecified atom stereocenters. The molecule has 0 saturated carbocycles. The number of aromatic carboxylic acids is 1. The SMILES string of the molecule is CN1CCCN(c2ccc(C(=O)Nc3cc(C(=O)O)ccc3CNc3cccc(C(N)=O)c3)cc2)CC1. The van der Waals surface area contributed by atoms with Gasteiger partial charge in [0, 0.05) is 54.4 Å². The van der Waals surface area contributed by atoms with Crippen LogP contribution < -0.4 is 21.3 Å². The van der Waals surface area contributed by atoms with Gasteiger partial charge in [-0.1, -0.05) is 12.1 Å². The third-order valence-corrected chi connectivity index (χ3v) is 6.45. The maximum atomic E-state index is 13.1. The highest BCUT2D eigenvalue weighted by Gasteiger charge is 2.15. The van der Waals surface area contributed by atoms with E-state index in [1.54, 1.807) is 42.5 Å². The molecule has 0 spiro atoms. The average Bonchev–Trinajstić information content (AvgIpc) is 3.12. The van der Waals surface area contributed by atoms with E-state index in [2.05, 4.69) is 27.5 Å². The molecule has 1 heterocycles. The number of carbonyl (C=O) groups excluding carboxylic acids is 2. The number of nitrogens with two attached hydrogens (primary N) is 1. The van der Waals surface area contributed by atoms with Crippen molar-refractivity contribution < 1.29 is 19.5 Å². The molecule has 192 valence electrons. The van der Waals surface area contributed by atoms with E-state index in [0.29, 0.717) is 34.6 Å². The zero-order valence-electron chi connectivity index (χ0n) is 20.7. The lowest BCUT2D eigenvalue weighted by molar-refractivity contribution is 0.0696. The highest BCUT2D eigenvalue weighted by atomic mass is 16.4. The number of amides is 2. The van der Waals surface area contributed by atoms with Crippen LogP contribution >= 0.6 is 0 Å². The molecule has 37 heavy (non-hydrogen) atoms. The van der Waals surface area contributed by atoms with Gasteiger partial charge in [-0.2, -0.15) is 0 Å². The molecular formula is C28H31N5O4. The highest BCUT2D eigenvalue weighted by molar-refractivity contribution is 6.05. The van der Waals surface area contributed by atoms with Crippen LogP contribution in [0.2, 0.25) is 0 Å². The third kappa shape index (κ3) is 6.65. The van der Waals surface area contributed by atoms with Crippen LogP contribution in [0.4, 0.5) is 17.1 Å². The Morgan fingerprint density at radius 1 is 0.892 bits per heavy atom. The van der Waals surface area contributed by atoms with Gasteiger partial charge in [0.2, 0.25) is 5.91 Å². The van der Waals surface area contributed by atoms with E-state index in [-0.39, 0.29) is 11.5 Å². The number of carboxylic acids is 1. The number of anilines is 3. The minimum atomic E-state index is -1.09. The van der Waals surface area contributed by atoms with Gasteiger partial charge in [-0.15, -0.1) is 0 Å². The van der Waals surface area contributed by atoms with Crippen molar-refractivity contribution in [1.82, 2.24) is 4.90 Å². The predicted molar refractivity (Wildman–Crippen MR) is 144 cm³/mol. The number of nitrogens with zero attached hydrogens (tertiary/aromatic N) is 2. The Bertz CT molecular complexity index is 1290. The van der Waals surface area contributed by atoms with E-state index < -0.39 is 11.9 Å². The van der Waals surface area contributed by atoms with Crippen LogP contribution in [0.3, 0.4) is 0 Å². The van der Waals surface area contributed by atoms with Crippen molar-refractivity contribution in [1.29, 1.82) is 0 Å². The fourth-order valence-electron chi connectivity index (χ4n) is 4.28. The van der Waals surface area contributed by atoms with E-state index in [1.807, 2.05) is 12.1 Å². The van der Waals surface area contributed by atoms with Crippen molar-refractivity contribution in [3.63, 3.8) is 0 Å². The number of rotatable bonds is 8. The Morgan fingerprint density at radius 2 is 1.65 bits per heavy atom. The topological polar surface area (TPSA) is 128 Å². The monoisotopic (exact) mass is 501 g/mol. The molecule has 0 bridgehead atoms. The summed E-state index contributed by atoms with van der Waals surface area (Å²) in [6.07, 6.45) is 1.09. The third-order valence-electron chi connectivity index (χ3n) is 6.45. The van der Waals surface area contributed by atoms with Crippen LogP contribution in [0.25, 0.3) is 0 Å². The molecule has 1 aliphatic rings. The van der Waals surface area contributed by atoms with Crippen LogP contribution in [-0.4, -0.2) is 61.0 Å². The van der Waals surface area contributed by atoms with Crippen molar-refractivity contribution in [2.45, 2.75) is 13.0 Å². The Kier molecular flexibility index (Phi) is 8.05. The fourth-order valence-corrected chi connectivity index (χ4v) is 4.28. The van der Waals surface area contributed by atoms with Gasteiger partial charge in [-0.3, -0.25) is 9.59 Å². The van der Waals surface area contributed by atoms with Gasteiger partial charge in [0.1, 0.15) is 0 Å². The Balaban J connectivity index is 1.49.